The molecule has 0 bridgehead atoms. The van der Waals surface area contributed by atoms with Crippen LogP contribution in [-0.2, 0) is 11.3 Å². The smallest absolute Gasteiger partial charge is 0.289 e. The van der Waals surface area contributed by atoms with Gasteiger partial charge in [0.25, 0.3) is 5.91 Å². The number of hydrogen-bond acceptors (Lipinski definition) is 8. The molecular weight excluding hydrogens is 508 g/mol. The van der Waals surface area contributed by atoms with E-state index in [4.69, 9.17) is 4.74 Å². The van der Waals surface area contributed by atoms with Crippen molar-refractivity contribution in [3.8, 4) is 28.6 Å². The summed E-state index contributed by atoms with van der Waals surface area (Å²) >= 11 is 0. The van der Waals surface area contributed by atoms with Crippen LogP contribution in [0.2, 0.25) is 0 Å². The van der Waals surface area contributed by atoms with E-state index < -0.39 is 0 Å². The predicted molar refractivity (Wildman–Crippen MR) is 155 cm³/mol. The Labute approximate surface area is 236 Å². The molecule has 0 radical (unpaired) electrons. The van der Waals surface area contributed by atoms with Gasteiger partial charge in [0, 0.05) is 37.9 Å². The second-order valence-electron chi connectivity index (χ2n) is 10.5. The van der Waals surface area contributed by atoms with Gasteiger partial charge in [-0.05, 0) is 61.3 Å². The molecule has 3 N–H and O–H groups in total. The zero-order chi connectivity index (χ0) is 28.6. The van der Waals surface area contributed by atoms with E-state index in [-0.39, 0.29) is 29.1 Å². The molecular formula is C30H42N6O4. The first kappa shape index (κ1) is 29.5. The van der Waals surface area contributed by atoms with Crippen LogP contribution < -0.4 is 5.32 Å². The molecule has 0 atom stereocenters. The Morgan fingerprint density at radius 2 is 1.75 bits per heavy atom. The Morgan fingerprint density at radius 1 is 1.05 bits per heavy atom. The van der Waals surface area contributed by atoms with E-state index in [1.807, 2.05) is 38.1 Å². The van der Waals surface area contributed by atoms with Crippen molar-refractivity contribution in [2.24, 2.45) is 0 Å². The summed E-state index contributed by atoms with van der Waals surface area (Å²) < 4.78 is 7.13. The number of ether oxygens (including phenoxy) is 1. The zero-order valence-corrected chi connectivity index (χ0v) is 24.1. The van der Waals surface area contributed by atoms with Crippen LogP contribution in [0, 0.1) is 0 Å². The first-order valence-corrected chi connectivity index (χ1v) is 14.2. The van der Waals surface area contributed by atoms with Gasteiger partial charge in [-0.3, -0.25) is 14.3 Å². The van der Waals surface area contributed by atoms with Gasteiger partial charge in [-0.1, -0.05) is 39.8 Å². The van der Waals surface area contributed by atoms with E-state index in [9.17, 15) is 15.0 Å². The van der Waals surface area contributed by atoms with E-state index in [1.54, 1.807) is 10.6 Å². The van der Waals surface area contributed by atoms with Crippen molar-refractivity contribution in [3.63, 3.8) is 0 Å². The van der Waals surface area contributed by atoms with Crippen molar-refractivity contribution in [2.75, 3.05) is 52.5 Å². The van der Waals surface area contributed by atoms with E-state index in [0.29, 0.717) is 29.2 Å². The number of aromatic hydroxyl groups is 2. The molecule has 216 valence electrons. The Morgan fingerprint density at radius 3 is 2.40 bits per heavy atom. The van der Waals surface area contributed by atoms with Gasteiger partial charge in [-0.15, -0.1) is 10.2 Å². The molecule has 0 spiro atoms. The summed E-state index contributed by atoms with van der Waals surface area (Å²) in [4.78, 5) is 18.0. The quantitative estimate of drug-likeness (QED) is 0.292. The maximum Gasteiger partial charge on any atom is 0.289 e. The number of amides is 1. The first-order valence-electron chi connectivity index (χ1n) is 14.2. The summed E-state index contributed by atoms with van der Waals surface area (Å²) in [6.07, 6.45) is 0.821. The molecule has 1 aromatic heterocycles. The highest BCUT2D eigenvalue weighted by molar-refractivity contribution is 5.92. The van der Waals surface area contributed by atoms with Crippen LogP contribution in [0.25, 0.3) is 17.1 Å². The average molecular weight is 551 g/mol. The number of morpholine rings is 1. The Kier molecular flexibility index (Phi) is 10.1. The maximum absolute atomic E-state index is 13.3. The minimum atomic E-state index is -0.335. The molecule has 10 heteroatoms. The van der Waals surface area contributed by atoms with Gasteiger partial charge in [-0.2, -0.15) is 0 Å². The third-order valence-corrected chi connectivity index (χ3v) is 7.41. The van der Waals surface area contributed by atoms with Crippen LogP contribution in [0.5, 0.6) is 11.5 Å². The summed E-state index contributed by atoms with van der Waals surface area (Å²) in [7, 11) is 0. The minimum Gasteiger partial charge on any atom is -0.508 e. The number of carbonyl (C=O) groups excluding carboxylic acids is 1. The standard InChI is InChI=1S/C30H42N6O4/c1-5-34(6-2)13-7-12-31-30(39)29-33-32-28(25-18-24(21(3)4)26(37)19-27(25)38)36(29)23-10-8-22(9-11-23)20-35-14-16-40-17-15-35/h8-11,18-19,21,37-38H,5-7,12-17,20H2,1-4H3,(H,31,39). The van der Waals surface area contributed by atoms with Crippen LogP contribution in [0.1, 0.15) is 61.8 Å². The largest absolute Gasteiger partial charge is 0.508 e. The number of phenols is 2. The first-order chi connectivity index (χ1) is 19.3. The van der Waals surface area contributed by atoms with E-state index in [1.165, 1.54) is 6.07 Å². The van der Waals surface area contributed by atoms with Crippen LogP contribution in [0.4, 0.5) is 0 Å². The van der Waals surface area contributed by atoms with Gasteiger partial charge < -0.3 is 25.2 Å². The molecule has 1 aliphatic heterocycles. The molecule has 1 amide bonds. The van der Waals surface area contributed by atoms with Crippen molar-refractivity contribution < 1.29 is 19.7 Å². The molecule has 4 rings (SSSR count). The van der Waals surface area contributed by atoms with E-state index in [2.05, 4.69) is 39.2 Å². The number of hydrogen-bond donors (Lipinski definition) is 3. The van der Waals surface area contributed by atoms with Crippen LogP contribution in [-0.4, -0.2) is 93.2 Å². The minimum absolute atomic E-state index is 0.0148. The Hall–Kier alpha value is -3.47. The monoisotopic (exact) mass is 550 g/mol. The van der Waals surface area contributed by atoms with Gasteiger partial charge in [-0.25, -0.2) is 0 Å². The van der Waals surface area contributed by atoms with Crippen LogP contribution >= 0.6 is 0 Å². The Balaban J connectivity index is 1.66. The number of aromatic nitrogens is 3. The van der Waals surface area contributed by atoms with Crippen molar-refractivity contribution >= 4 is 5.91 Å². The van der Waals surface area contributed by atoms with Crippen molar-refractivity contribution in [1.82, 2.24) is 29.9 Å². The summed E-state index contributed by atoms with van der Waals surface area (Å²) in [5, 5.41) is 32.8. The lowest BCUT2D eigenvalue weighted by Gasteiger charge is -2.26. The second kappa shape index (κ2) is 13.7. The number of benzene rings is 2. The maximum atomic E-state index is 13.3. The van der Waals surface area contributed by atoms with E-state index >= 15 is 0 Å². The molecule has 2 heterocycles. The number of rotatable bonds is 12. The van der Waals surface area contributed by atoms with Gasteiger partial charge >= 0.3 is 0 Å². The van der Waals surface area contributed by atoms with E-state index in [0.717, 1.165) is 64.5 Å². The molecule has 0 aliphatic carbocycles. The zero-order valence-electron chi connectivity index (χ0n) is 24.1. The van der Waals surface area contributed by atoms with Gasteiger partial charge in [0.2, 0.25) is 5.82 Å². The fourth-order valence-electron chi connectivity index (χ4n) is 4.98. The highest BCUT2D eigenvalue weighted by Crippen LogP contribution is 2.38. The van der Waals surface area contributed by atoms with Crippen LogP contribution in [0.15, 0.2) is 36.4 Å². The molecule has 10 nitrogen and oxygen atoms in total. The molecule has 0 unspecified atom stereocenters. The van der Waals surface area contributed by atoms with Crippen LogP contribution in [0.3, 0.4) is 0 Å². The fourth-order valence-corrected chi connectivity index (χ4v) is 4.98. The number of phenolic OH excluding ortho intramolecular Hbond substituents is 2. The summed E-state index contributed by atoms with van der Waals surface area (Å²) in [5.41, 5.74) is 2.92. The normalized spacial score (nSPS) is 14.2. The summed E-state index contributed by atoms with van der Waals surface area (Å²) in [6, 6.07) is 11.0. The molecule has 1 fully saturated rings. The number of nitrogens with one attached hydrogen (secondary N) is 1. The summed E-state index contributed by atoms with van der Waals surface area (Å²) in [6.45, 7) is 15.6. The Bertz CT molecular complexity index is 1260. The summed E-state index contributed by atoms with van der Waals surface area (Å²) in [5.74, 6) is 0.0272. The molecule has 40 heavy (non-hydrogen) atoms. The van der Waals surface area contributed by atoms with Crippen molar-refractivity contribution in [1.29, 1.82) is 0 Å². The third kappa shape index (κ3) is 6.99. The van der Waals surface area contributed by atoms with Gasteiger partial charge in [0.15, 0.2) is 5.82 Å². The molecule has 1 aliphatic rings. The van der Waals surface area contributed by atoms with Crippen molar-refractivity contribution in [3.05, 3.63) is 53.3 Å². The lowest BCUT2D eigenvalue weighted by atomic mass is 9.98. The lowest BCUT2D eigenvalue weighted by molar-refractivity contribution is 0.0342. The fraction of sp³-hybridized carbons (Fsp3) is 0.500. The number of nitrogens with zero attached hydrogens (tertiary/aromatic N) is 5. The average Bonchev–Trinajstić information content (AvgIpc) is 3.39. The molecule has 1 saturated heterocycles. The highest BCUT2D eigenvalue weighted by Gasteiger charge is 2.24. The molecule has 0 saturated carbocycles. The lowest BCUT2D eigenvalue weighted by Crippen LogP contribution is -2.35. The molecule has 3 aromatic rings. The second-order valence-corrected chi connectivity index (χ2v) is 10.5. The SMILES string of the molecule is CCN(CC)CCCNC(=O)c1nnc(-c2cc(C(C)C)c(O)cc2O)n1-c1ccc(CN2CCOCC2)cc1. The third-order valence-electron chi connectivity index (χ3n) is 7.41. The van der Waals surface area contributed by atoms with Crippen molar-refractivity contribution in [2.45, 2.75) is 46.6 Å². The van der Waals surface area contributed by atoms with Gasteiger partial charge in [0.1, 0.15) is 11.5 Å². The predicted octanol–water partition coefficient (Wildman–Crippen LogP) is 3.76. The highest BCUT2D eigenvalue weighted by atomic mass is 16.5. The molecule has 2 aromatic carbocycles. The van der Waals surface area contributed by atoms with Gasteiger partial charge in [0.05, 0.1) is 18.8 Å². The topological polar surface area (TPSA) is 116 Å². The number of carbonyl (C=O) groups is 1.